The van der Waals surface area contributed by atoms with Crippen molar-refractivity contribution in [1.29, 1.82) is 0 Å². The first-order valence-corrected chi connectivity index (χ1v) is 10.8. The lowest BCUT2D eigenvalue weighted by Gasteiger charge is -2.26. The zero-order valence-electron chi connectivity index (χ0n) is 18.0. The van der Waals surface area contributed by atoms with Crippen LogP contribution in [0.4, 0.5) is 0 Å². The maximum Gasteiger partial charge on any atom is 0.251 e. The fraction of sp³-hybridized carbons (Fsp3) is 0.231. The molecule has 170 valence electrons. The summed E-state index contributed by atoms with van der Waals surface area (Å²) in [6.45, 7) is -0.316. The Morgan fingerprint density at radius 2 is 1.45 bits per heavy atom. The van der Waals surface area contributed by atoms with Crippen molar-refractivity contribution in [2.75, 3.05) is 19.7 Å². The lowest BCUT2D eigenvalue weighted by atomic mass is 9.96. The smallest absolute Gasteiger partial charge is 0.251 e. The van der Waals surface area contributed by atoms with Gasteiger partial charge in [0.2, 0.25) is 0 Å². The standard InChI is InChI=1S/C26H26N2O5/c29-23-22(33-17-26(23,32)16-28-24(30)19-10-5-2-6-11-19)15-27-25(31)21-13-7-12-20(14-21)18-8-3-1-4-9-18/h1-14,22-23,29,32H,15-17H2,(H,27,31)(H,28,30)/t22-,23-,26+/m1/s1. The highest BCUT2D eigenvalue weighted by Gasteiger charge is 2.48. The summed E-state index contributed by atoms with van der Waals surface area (Å²) in [4.78, 5) is 24.9. The number of hydrogen-bond acceptors (Lipinski definition) is 5. The second-order valence-electron chi connectivity index (χ2n) is 8.10. The Morgan fingerprint density at radius 1 is 0.848 bits per heavy atom. The first kappa shape index (κ1) is 22.7. The molecule has 33 heavy (non-hydrogen) atoms. The van der Waals surface area contributed by atoms with Gasteiger partial charge < -0.3 is 25.6 Å². The van der Waals surface area contributed by atoms with E-state index in [9.17, 15) is 19.8 Å². The molecule has 0 aromatic heterocycles. The average molecular weight is 447 g/mol. The van der Waals surface area contributed by atoms with Crippen molar-refractivity contribution in [2.24, 2.45) is 0 Å². The molecule has 1 heterocycles. The Kier molecular flexibility index (Phi) is 6.84. The maximum atomic E-state index is 12.7. The van der Waals surface area contributed by atoms with E-state index in [4.69, 9.17) is 4.74 Å². The molecule has 0 bridgehead atoms. The number of benzene rings is 3. The molecule has 4 rings (SSSR count). The minimum Gasteiger partial charge on any atom is -0.387 e. The van der Waals surface area contributed by atoms with Gasteiger partial charge in [-0.1, -0.05) is 60.7 Å². The fourth-order valence-corrected chi connectivity index (χ4v) is 3.79. The van der Waals surface area contributed by atoms with E-state index in [1.807, 2.05) is 42.5 Å². The van der Waals surface area contributed by atoms with Crippen LogP contribution in [-0.2, 0) is 4.74 Å². The highest BCUT2D eigenvalue weighted by Crippen LogP contribution is 2.25. The normalized spacial score (nSPS) is 22.0. The van der Waals surface area contributed by atoms with Crippen LogP contribution in [0.25, 0.3) is 11.1 Å². The largest absolute Gasteiger partial charge is 0.387 e. The molecule has 1 aliphatic rings. The van der Waals surface area contributed by atoms with Crippen LogP contribution in [0.2, 0.25) is 0 Å². The van der Waals surface area contributed by atoms with Crippen LogP contribution in [0.5, 0.6) is 0 Å². The fourth-order valence-electron chi connectivity index (χ4n) is 3.79. The Labute approximate surface area is 192 Å². The van der Waals surface area contributed by atoms with Crippen molar-refractivity contribution in [3.05, 3.63) is 96.1 Å². The first-order valence-electron chi connectivity index (χ1n) is 10.8. The van der Waals surface area contributed by atoms with Crippen LogP contribution in [0, 0.1) is 0 Å². The van der Waals surface area contributed by atoms with Gasteiger partial charge in [-0.2, -0.15) is 0 Å². The van der Waals surface area contributed by atoms with Crippen LogP contribution >= 0.6 is 0 Å². The van der Waals surface area contributed by atoms with E-state index < -0.39 is 17.8 Å². The molecule has 1 aliphatic heterocycles. The minimum absolute atomic E-state index is 0.0184. The average Bonchev–Trinajstić information content (AvgIpc) is 3.16. The SMILES string of the molecule is O=C(NC[C@H]1OC[C@@](O)(CNC(=O)c2ccccc2)[C@@H]1O)c1cccc(-c2ccccc2)c1. The Bertz CT molecular complexity index is 1110. The molecule has 7 nitrogen and oxygen atoms in total. The number of ether oxygens (including phenoxy) is 1. The molecule has 0 unspecified atom stereocenters. The van der Waals surface area contributed by atoms with Crippen molar-refractivity contribution < 1.29 is 24.5 Å². The molecule has 3 aromatic rings. The Morgan fingerprint density at radius 3 is 2.18 bits per heavy atom. The van der Waals surface area contributed by atoms with Gasteiger partial charge in [0.1, 0.15) is 17.8 Å². The van der Waals surface area contributed by atoms with E-state index in [0.717, 1.165) is 11.1 Å². The highest BCUT2D eigenvalue weighted by molar-refractivity contribution is 5.95. The number of hydrogen-bond donors (Lipinski definition) is 4. The van der Waals surface area contributed by atoms with Crippen molar-refractivity contribution in [3.8, 4) is 11.1 Å². The van der Waals surface area contributed by atoms with E-state index in [0.29, 0.717) is 11.1 Å². The van der Waals surface area contributed by atoms with Crippen LogP contribution in [0.15, 0.2) is 84.9 Å². The summed E-state index contributed by atoms with van der Waals surface area (Å²) in [5.74, 6) is -0.664. The molecule has 3 aromatic carbocycles. The lowest BCUT2D eigenvalue weighted by molar-refractivity contribution is -0.0464. The molecular formula is C26H26N2O5. The predicted octanol–water partition coefficient (Wildman–Crippen LogP) is 2.00. The van der Waals surface area contributed by atoms with Gasteiger partial charge in [-0.05, 0) is 35.4 Å². The van der Waals surface area contributed by atoms with Crippen LogP contribution < -0.4 is 10.6 Å². The molecular weight excluding hydrogens is 420 g/mol. The molecule has 3 atom stereocenters. The second kappa shape index (κ2) is 9.95. The van der Waals surface area contributed by atoms with Crippen LogP contribution in [0.1, 0.15) is 20.7 Å². The molecule has 0 spiro atoms. The van der Waals surface area contributed by atoms with Gasteiger partial charge in [0.15, 0.2) is 0 Å². The van der Waals surface area contributed by atoms with Gasteiger partial charge in [-0.25, -0.2) is 0 Å². The van der Waals surface area contributed by atoms with Gasteiger partial charge in [0.25, 0.3) is 11.8 Å². The minimum atomic E-state index is -1.65. The zero-order chi connectivity index (χ0) is 23.3. The maximum absolute atomic E-state index is 12.7. The molecule has 1 fully saturated rings. The van der Waals surface area contributed by atoms with Crippen LogP contribution in [0.3, 0.4) is 0 Å². The van der Waals surface area contributed by atoms with Crippen molar-refractivity contribution in [2.45, 2.75) is 17.8 Å². The molecule has 0 saturated carbocycles. The van der Waals surface area contributed by atoms with Crippen molar-refractivity contribution in [1.82, 2.24) is 10.6 Å². The first-order chi connectivity index (χ1) is 16.0. The van der Waals surface area contributed by atoms with Gasteiger partial charge in [0, 0.05) is 17.7 Å². The lowest BCUT2D eigenvalue weighted by Crippen LogP contribution is -2.53. The summed E-state index contributed by atoms with van der Waals surface area (Å²) in [7, 11) is 0. The van der Waals surface area contributed by atoms with Gasteiger partial charge in [-0.15, -0.1) is 0 Å². The van der Waals surface area contributed by atoms with E-state index in [2.05, 4.69) is 10.6 Å². The number of carbonyl (C=O) groups excluding carboxylic acids is 2. The zero-order valence-corrected chi connectivity index (χ0v) is 18.0. The van der Waals surface area contributed by atoms with E-state index in [1.165, 1.54) is 0 Å². The summed E-state index contributed by atoms with van der Waals surface area (Å²) < 4.78 is 5.53. The Balaban J connectivity index is 1.32. The third-order valence-electron chi connectivity index (χ3n) is 5.74. The van der Waals surface area contributed by atoms with Crippen molar-refractivity contribution >= 4 is 11.8 Å². The summed E-state index contributed by atoms with van der Waals surface area (Å²) >= 11 is 0. The van der Waals surface area contributed by atoms with E-state index in [1.54, 1.807) is 42.5 Å². The summed E-state index contributed by atoms with van der Waals surface area (Å²) in [6, 6.07) is 25.6. The third-order valence-corrected chi connectivity index (χ3v) is 5.74. The summed E-state index contributed by atoms with van der Waals surface area (Å²) in [6.07, 6.45) is -2.07. The predicted molar refractivity (Wildman–Crippen MR) is 124 cm³/mol. The number of rotatable bonds is 7. The number of carbonyl (C=O) groups is 2. The number of aliphatic hydroxyl groups excluding tert-OH is 1. The van der Waals surface area contributed by atoms with E-state index >= 15 is 0 Å². The molecule has 4 N–H and O–H groups in total. The number of amides is 2. The molecule has 0 aliphatic carbocycles. The second-order valence-corrected chi connectivity index (χ2v) is 8.10. The van der Waals surface area contributed by atoms with Crippen molar-refractivity contribution in [3.63, 3.8) is 0 Å². The van der Waals surface area contributed by atoms with Gasteiger partial charge >= 0.3 is 0 Å². The third kappa shape index (κ3) is 5.28. The van der Waals surface area contributed by atoms with Gasteiger partial charge in [0.05, 0.1) is 13.2 Å². The topological polar surface area (TPSA) is 108 Å². The van der Waals surface area contributed by atoms with Crippen LogP contribution in [-0.4, -0.2) is 59.5 Å². The quantitative estimate of drug-likeness (QED) is 0.444. The molecule has 1 saturated heterocycles. The van der Waals surface area contributed by atoms with Gasteiger partial charge in [-0.3, -0.25) is 9.59 Å². The van der Waals surface area contributed by atoms with E-state index in [-0.39, 0.29) is 31.5 Å². The molecule has 2 amide bonds. The monoisotopic (exact) mass is 446 g/mol. The Hall–Kier alpha value is -3.52. The molecule has 7 heteroatoms. The number of aliphatic hydroxyl groups is 2. The highest BCUT2D eigenvalue weighted by atomic mass is 16.5. The summed E-state index contributed by atoms with van der Waals surface area (Å²) in [5, 5.41) is 26.7. The number of nitrogens with one attached hydrogen (secondary N) is 2. The molecule has 0 radical (unpaired) electrons. The summed E-state index contributed by atoms with van der Waals surface area (Å²) in [5.41, 5.74) is 1.21.